The zero-order valence-corrected chi connectivity index (χ0v) is 9.66. The van der Waals surface area contributed by atoms with Crippen LogP contribution in [0.4, 0.5) is 5.69 Å². The van der Waals surface area contributed by atoms with E-state index in [2.05, 4.69) is 5.32 Å². The van der Waals surface area contributed by atoms with Crippen molar-refractivity contribution in [3.05, 3.63) is 29.3 Å². The van der Waals surface area contributed by atoms with Crippen LogP contribution >= 0.6 is 11.6 Å². The third-order valence-electron chi connectivity index (χ3n) is 1.90. The number of amides is 1. The Morgan fingerprint density at radius 2 is 2.25 bits per heavy atom. The van der Waals surface area contributed by atoms with E-state index in [0.29, 0.717) is 10.7 Å². The van der Waals surface area contributed by atoms with Gasteiger partial charge in [0, 0.05) is 0 Å². The molecule has 0 aliphatic carbocycles. The summed E-state index contributed by atoms with van der Waals surface area (Å²) < 4.78 is 0. The van der Waals surface area contributed by atoms with Gasteiger partial charge in [-0.1, -0.05) is 23.7 Å². The molecular weight excluding hydrogens is 226 g/mol. The van der Waals surface area contributed by atoms with E-state index in [4.69, 9.17) is 16.9 Å². The Morgan fingerprint density at radius 1 is 1.56 bits per heavy atom. The number of nitrogens with zero attached hydrogens (tertiary/aromatic N) is 2. The van der Waals surface area contributed by atoms with Gasteiger partial charge < -0.3 is 5.32 Å². The highest BCUT2D eigenvalue weighted by Crippen LogP contribution is 2.20. The molecule has 1 amide bonds. The molecule has 1 rings (SSSR count). The number of halogens is 1. The lowest BCUT2D eigenvalue weighted by Crippen LogP contribution is -2.30. The first kappa shape index (κ1) is 12.5. The minimum Gasteiger partial charge on any atom is -0.324 e. The average molecular weight is 238 g/mol. The van der Waals surface area contributed by atoms with Gasteiger partial charge in [0.2, 0.25) is 5.91 Å². The molecule has 0 heterocycles. The molecule has 0 radical (unpaired) electrons. The second-order valence-corrected chi connectivity index (χ2v) is 3.77. The van der Waals surface area contributed by atoms with Crippen LogP contribution in [-0.2, 0) is 4.79 Å². The number of anilines is 1. The molecule has 0 spiro atoms. The fourth-order valence-electron chi connectivity index (χ4n) is 1.17. The molecule has 0 atom stereocenters. The summed E-state index contributed by atoms with van der Waals surface area (Å²) >= 11 is 5.89. The quantitative estimate of drug-likeness (QED) is 0.812. The number of para-hydroxylation sites is 1. The summed E-state index contributed by atoms with van der Waals surface area (Å²) in [4.78, 5) is 13.1. The third-order valence-corrected chi connectivity index (χ3v) is 2.23. The molecule has 0 saturated carbocycles. The van der Waals surface area contributed by atoms with Crippen LogP contribution in [0.3, 0.4) is 0 Å². The number of carbonyl (C=O) groups excluding carboxylic acids is 1. The van der Waals surface area contributed by atoms with Crippen LogP contribution in [0, 0.1) is 11.3 Å². The Bertz CT molecular complexity index is 414. The smallest absolute Gasteiger partial charge is 0.238 e. The standard InChI is InChI=1S/C11H12ClN3O/c1-15(7-6-13)8-11(16)14-10-5-3-2-4-9(10)12/h2-5H,7-8H2,1H3,(H,14,16). The lowest BCUT2D eigenvalue weighted by atomic mass is 10.3. The topological polar surface area (TPSA) is 56.1 Å². The molecule has 1 aromatic carbocycles. The van der Waals surface area contributed by atoms with Crippen LogP contribution < -0.4 is 5.32 Å². The van der Waals surface area contributed by atoms with E-state index in [1.807, 2.05) is 6.07 Å². The number of nitriles is 1. The Balaban J connectivity index is 2.53. The van der Waals surface area contributed by atoms with Crippen molar-refractivity contribution in [2.75, 3.05) is 25.5 Å². The summed E-state index contributed by atoms with van der Waals surface area (Å²) in [7, 11) is 1.70. The zero-order valence-electron chi connectivity index (χ0n) is 8.90. The normalized spacial score (nSPS) is 9.88. The minimum absolute atomic E-state index is 0.165. The third kappa shape index (κ3) is 3.89. The van der Waals surface area contributed by atoms with Crippen molar-refractivity contribution in [3.63, 3.8) is 0 Å². The summed E-state index contributed by atoms with van der Waals surface area (Å²) in [6.45, 7) is 0.384. The number of rotatable bonds is 4. The molecule has 4 nitrogen and oxygen atoms in total. The molecule has 84 valence electrons. The second kappa shape index (κ2) is 6.11. The average Bonchev–Trinajstić information content (AvgIpc) is 2.21. The van der Waals surface area contributed by atoms with Crippen LogP contribution in [-0.4, -0.2) is 30.9 Å². The first-order chi connectivity index (χ1) is 7.63. The van der Waals surface area contributed by atoms with Gasteiger partial charge in [0.05, 0.1) is 29.9 Å². The fraction of sp³-hybridized carbons (Fsp3) is 0.273. The molecule has 0 saturated heterocycles. The monoisotopic (exact) mass is 237 g/mol. The van der Waals surface area contributed by atoms with E-state index in [1.165, 1.54) is 0 Å². The van der Waals surface area contributed by atoms with Crippen LogP contribution in [0.25, 0.3) is 0 Å². The second-order valence-electron chi connectivity index (χ2n) is 3.36. The zero-order chi connectivity index (χ0) is 12.0. The Hall–Kier alpha value is -1.57. The Labute approximate surface area is 99.4 Å². The lowest BCUT2D eigenvalue weighted by Gasteiger charge is -2.12. The maximum Gasteiger partial charge on any atom is 0.238 e. The number of likely N-dealkylation sites (N-methyl/N-ethyl adjacent to an activating group) is 1. The van der Waals surface area contributed by atoms with E-state index in [-0.39, 0.29) is 19.0 Å². The molecular formula is C11H12ClN3O. The number of hydrogen-bond acceptors (Lipinski definition) is 3. The van der Waals surface area contributed by atoms with Gasteiger partial charge in [-0.2, -0.15) is 5.26 Å². The first-order valence-corrected chi connectivity index (χ1v) is 5.11. The van der Waals surface area contributed by atoms with Crippen molar-refractivity contribution in [1.82, 2.24) is 4.90 Å². The number of hydrogen-bond donors (Lipinski definition) is 1. The first-order valence-electron chi connectivity index (χ1n) is 4.73. The Kier molecular flexibility index (Phi) is 4.77. The van der Waals surface area contributed by atoms with Crippen molar-refractivity contribution in [2.45, 2.75) is 0 Å². The molecule has 1 aromatic rings. The van der Waals surface area contributed by atoms with Crippen LogP contribution in [0.1, 0.15) is 0 Å². The fourth-order valence-corrected chi connectivity index (χ4v) is 1.36. The number of benzene rings is 1. The predicted octanol–water partition coefficient (Wildman–Crippen LogP) is 1.73. The van der Waals surface area contributed by atoms with E-state index in [1.54, 1.807) is 36.2 Å². The van der Waals surface area contributed by atoms with Gasteiger partial charge in [0.15, 0.2) is 0 Å². The molecule has 16 heavy (non-hydrogen) atoms. The lowest BCUT2D eigenvalue weighted by molar-refractivity contribution is -0.116. The molecule has 0 aromatic heterocycles. The molecule has 0 aliphatic rings. The van der Waals surface area contributed by atoms with Gasteiger partial charge in [0.25, 0.3) is 0 Å². The van der Waals surface area contributed by atoms with E-state index < -0.39 is 0 Å². The van der Waals surface area contributed by atoms with Gasteiger partial charge in [0.1, 0.15) is 0 Å². The summed E-state index contributed by atoms with van der Waals surface area (Å²) in [5.41, 5.74) is 0.583. The molecule has 0 bridgehead atoms. The van der Waals surface area contributed by atoms with E-state index in [0.717, 1.165) is 0 Å². The van der Waals surface area contributed by atoms with E-state index >= 15 is 0 Å². The minimum atomic E-state index is -0.189. The van der Waals surface area contributed by atoms with Crippen molar-refractivity contribution in [1.29, 1.82) is 5.26 Å². The predicted molar refractivity (Wildman–Crippen MR) is 63.2 cm³/mol. The maximum absolute atomic E-state index is 11.5. The highest BCUT2D eigenvalue weighted by atomic mass is 35.5. The van der Waals surface area contributed by atoms with Crippen molar-refractivity contribution < 1.29 is 4.79 Å². The van der Waals surface area contributed by atoms with Crippen LogP contribution in [0.15, 0.2) is 24.3 Å². The Morgan fingerprint density at radius 3 is 2.88 bits per heavy atom. The van der Waals surface area contributed by atoms with Gasteiger partial charge in [-0.3, -0.25) is 9.69 Å². The van der Waals surface area contributed by atoms with Crippen LogP contribution in [0.5, 0.6) is 0 Å². The largest absolute Gasteiger partial charge is 0.324 e. The van der Waals surface area contributed by atoms with Crippen molar-refractivity contribution in [2.24, 2.45) is 0 Å². The van der Waals surface area contributed by atoms with Gasteiger partial charge in [-0.15, -0.1) is 0 Å². The number of nitrogens with one attached hydrogen (secondary N) is 1. The SMILES string of the molecule is CN(CC#N)CC(=O)Nc1ccccc1Cl. The van der Waals surface area contributed by atoms with Gasteiger partial charge >= 0.3 is 0 Å². The molecule has 1 N–H and O–H groups in total. The summed E-state index contributed by atoms with van der Waals surface area (Å²) in [6, 6.07) is 8.98. The molecule has 0 unspecified atom stereocenters. The van der Waals surface area contributed by atoms with Crippen LogP contribution in [0.2, 0.25) is 5.02 Å². The van der Waals surface area contributed by atoms with Crippen molar-refractivity contribution in [3.8, 4) is 6.07 Å². The molecule has 0 fully saturated rings. The summed E-state index contributed by atoms with van der Waals surface area (Å²) in [5, 5.41) is 11.6. The highest BCUT2D eigenvalue weighted by molar-refractivity contribution is 6.33. The highest BCUT2D eigenvalue weighted by Gasteiger charge is 2.07. The summed E-state index contributed by atoms with van der Waals surface area (Å²) in [6.07, 6.45) is 0. The maximum atomic E-state index is 11.5. The van der Waals surface area contributed by atoms with Gasteiger partial charge in [-0.05, 0) is 19.2 Å². The summed E-state index contributed by atoms with van der Waals surface area (Å²) in [5.74, 6) is -0.189. The van der Waals surface area contributed by atoms with E-state index in [9.17, 15) is 4.79 Å². The molecule has 5 heteroatoms. The number of carbonyl (C=O) groups is 1. The molecule has 0 aliphatic heterocycles. The van der Waals surface area contributed by atoms with Crippen molar-refractivity contribution >= 4 is 23.2 Å². The van der Waals surface area contributed by atoms with Gasteiger partial charge in [-0.25, -0.2) is 0 Å².